The molecule has 1 aromatic heterocycles. The van der Waals surface area contributed by atoms with Crippen molar-refractivity contribution in [1.29, 1.82) is 0 Å². The fourth-order valence-corrected chi connectivity index (χ4v) is 2.48. The SMILES string of the molecule is O=C(CCc1cccs1)NCC(=O)Nc1ccc(F)c(F)c1F. The van der Waals surface area contributed by atoms with Crippen LogP contribution in [-0.2, 0) is 16.0 Å². The Morgan fingerprint density at radius 2 is 1.83 bits per heavy atom. The fourth-order valence-electron chi connectivity index (χ4n) is 1.78. The smallest absolute Gasteiger partial charge is 0.243 e. The molecule has 0 fully saturated rings. The third-order valence-electron chi connectivity index (χ3n) is 2.93. The van der Waals surface area contributed by atoms with Crippen molar-refractivity contribution >= 4 is 28.8 Å². The molecule has 0 radical (unpaired) electrons. The maximum Gasteiger partial charge on any atom is 0.243 e. The Morgan fingerprint density at radius 1 is 1.04 bits per heavy atom. The molecule has 8 heteroatoms. The van der Waals surface area contributed by atoms with Gasteiger partial charge in [-0.05, 0) is 30.0 Å². The van der Waals surface area contributed by atoms with Crippen molar-refractivity contribution in [3.8, 4) is 0 Å². The first-order valence-electron chi connectivity index (χ1n) is 6.70. The minimum Gasteiger partial charge on any atom is -0.347 e. The first kappa shape index (κ1) is 17.0. The summed E-state index contributed by atoms with van der Waals surface area (Å²) < 4.78 is 39.2. The van der Waals surface area contributed by atoms with Gasteiger partial charge in [-0.25, -0.2) is 13.2 Å². The highest BCUT2D eigenvalue weighted by atomic mass is 32.1. The molecule has 2 rings (SSSR count). The quantitative estimate of drug-likeness (QED) is 0.793. The van der Waals surface area contributed by atoms with E-state index >= 15 is 0 Å². The molecular weight excluding hydrogens is 329 g/mol. The Bertz CT molecular complexity index is 705. The summed E-state index contributed by atoms with van der Waals surface area (Å²) in [5, 5.41) is 6.34. The summed E-state index contributed by atoms with van der Waals surface area (Å²) in [4.78, 5) is 24.2. The molecule has 1 heterocycles. The van der Waals surface area contributed by atoms with Crippen LogP contribution in [0, 0.1) is 17.5 Å². The number of carbonyl (C=O) groups excluding carboxylic acids is 2. The molecule has 0 aliphatic rings. The number of nitrogens with one attached hydrogen (secondary N) is 2. The molecule has 2 N–H and O–H groups in total. The zero-order valence-electron chi connectivity index (χ0n) is 11.9. The van der Waals surface area contributed by atoms with Gasteiger partial charge < -0.3 is 10.6 Å². The third-order valence-corrected chi connectivity index (χ3v) is 3.87. The van der Waals surface area contributed by atoms with E-state index in [1.165, 1.54) is 11.3 Å². The summed E-state index contributed by atoms with van der Waals surface area (Å²) in [5.74, 6) is -5.56. The van der Waals surface area contributed by atoms with E-state index in [-0.39, 0.29) is 18.9 Å². The van der Waals surface area contributed by atoms with E-state index in [1.54, 1.807) is 0 Å². The van der Waals surface area contributed by atoms with E-state index in [0.29, 0.717) is 12.5 Å². The van der Waals surface area contributed by atoms with Crippen LogP contribution in [0.2, 0.25) is 0 Å². The Morgan fingerprint density at radius 3 is 2.52 bits per heavy atom. The van der Waals surface area contributed by atoms with E-state index in [1.807, 2.05) is 17.5 Å². The van der Waals surface area contributed by atoms with Crippen LogP contribution in [0.4, 0.5) is 18.9 Å². The topological polar surface area (TPSA) is 58.2 Å². The minimum atomic E-state index is -1.66. The van der Waals surface area contributed by atoms with Crippen LogP contribution in [0.1, 0.15) is 11.3 Å². The molecule has 23 heavy (non-hydrogen) atoms. The number of amides is 2. The molecule has 0 aliphatic carbocycles. The molecule has 0 unspecified atom stereocenters. The Balaban J connectivity index is 1.79. The van der Waals surface area contributed by atoms with Crippen molar-refractivity contribution in [2.45, 2.75) is 12.8 Å². The second-order valence-corrected chi connectivity index (χ2v) is 5.66. The summed E-state index contributed by atoms with van der Waals surface area (Å²) in [6.45, 7) is -0.387. The lowest BCUT2D eigenvalue weighted by molar-refractivity contribution is -0.124. The van der Waals surface area contributed by atoms with Crippen LogP contribution >= 0.6 is 11.3 Å². The van der Waals surface area contributed by atoms with Gasteiger partial charge in [0.05, 0.1) is 12.2 Å². The summed E-state index contributed by atoms with van der Waals surface area (Å²) in [5.41, 5.74) is -0.485. The van der Waals surface area contributed by atoms with Crippen LogP contribution in [0.25, 0.3) is 0 Å². The molecule has 0 bridgehead atoms. The first-order valence-corrected chi connectivity index (χ1v) is 7.57. The second-order valence-electron chi connectivity index (χ2n) is 4.63. The molecule has 1 aromatic carbocycles. The van der Waals surface area contributed by atoms with Crippen LogP contribution < -0.4 is 10.6 Å². The molecule has 122 valence electrons. The monoisotopic (exact) mass is 342 g/mol. The molecule has 0 atom stereocenters. The highest BCUT2D eigenvalue weighted by molar-refractivity contribution is 7.09. The van der Waals surface area contributed by atoms with E-state index in [4.69, 9.17) is 0 Å². The summed E-state index contributed by atoms with van der Waals surface area (Å²) in [6.07, 6.45) is 0.774. The molecular formula is C15H13F3N2O2S. The lowest BCUT2D eigenvalue weighted by atomic mass is 10.2. The average Bonchev–Trinajstić information content (AvgIpc) is 3.05. The van der Waals surface area contributed by atoms with Crippen LogP contribution in [-0.4, -0.2) is 18.4 Å². The summed E-state index contributed by atoms with van der Waals surface area (Å²) >= 11 is 1.53. The van der Waals surface area contributed by atoms with Gasteiger partial charge in [0, 0.05) is 11.3 Å². The van der Waals surface area contributed by atoms with Gasteiger partial charge in [0.25, 0.3) is 0 Å². The Labute approximate surface area is 134 Å². The van der Waals surface area contributed by atoms with Crippen molar-refractivity contribution in [3.63, 3.8) is 0 Å². The zero-order valence-corrected chi connectivity index (χ0v) is 12.7. The molecule has 4 nitrogen and oxygen atoms in total. The van der Waals surface area contributed by atoms with Gasteiger partial charge in [0.15, 0.2) is 17.5 Å². The second kappa shape index (κ2) is 7.77. The lowest BCUT2D eigenvalue weighted by Crippen LogP contribution is -2.33. The van der Waals surface area contributed by atoms with E-state index in [2.05, 4.69) is 10.6 Å². The maximum atomic E-state index is 13.4. The van der Waals surface area contributed by atoms with Crippen molar-refractivity contribution in [2.75, 3.05) is 11.9 Å². The molecule has 2 aromatic rings. The average molecular weight is 342 g/mol. The minimum absolute atomic E-state index is 0.216. The van der Waals surface area contributed by atoms with Crippen molar-refractivity contribution in [3.05, 3.63) is 52.0 Å². The number of carbonyl (C=O) groups is 2. The molecule has 0 saturated carbocycles. The van der Waals surface area contributed by atoms with Gasteiger partial charge in [-0.3, -0.25) is 9.59 Å². The molecule has 0 saturated heterocycles. The van der Waals surface area contributed by atoms with E-state index in [9.17, 15) is 22.8 Å². The number of halogens is 3. The standard InChI is InChI=1S/C15H13F3N2O2S/c16-10-4-5-11(15(18)14(10)17)20-13(22)8-19-12(21)6-3-9-2-1-7-23-9/h1-2,4-5,7H,3,6,8H2,(H,19,21)(H,20,22). The van der Waals surface area contributed by atoms with Gasteiger partial charge >= 0.3 is 0 Å². The largest absolute Gasteiger partial charge is 0.347 e. The predicted molar refractivity (Wildman–Crippen MR) is 80.6 cm³/mol. The van der Waals surface area contributed by atoms with Crippen LogP contribution in [0.3, 0.4) is 0 Å². The lowest BCUT2D eigenvalue weighted by Gasteiger charge is -2.08. The number of aryl methyl sites for hydroxylation is 1. The highest BCUT2D eigenvalue weighted by Crippen LogP contribution is 2.19. The van der Waals surface area contributed by atoms with Crippen molar-refractivity contribution in [2.24, 2.45) is 0 Å². The highest BCUT2D eigenvalue weighted by Gasteiger charge is 2.15. The van der Waals surface area contributed by atoms with Crippen LogP contribution in [0.5, 0.6) is 0 Å². The zero-order chi connectivity index (χ0) is 16.8. The number of anilines is 1. The Hall–Kier alpha value is -2.35. The van der Waals surface area contributed by atoms with Crippen molar-refractivity contribution < 1.29 is 22.8 Å². The number of rotatable bonds is 6. The van der Waals surface area contributed by atoms with Gasteiger partial charge in [-0.2, -0.15) is 0 Å². The van der Waals surface area contributed by atoms with Gasteiger partial charge in [0.1, 0.15) is 0 Å². The van der Waals surface area contributed by atoms with Gasteiger partial charge in [-0.1, -0.05) is 6.07 Å². The summed E-state index contributed by atoms with van der Waals surface area (Å²) in [7, 11) is 0. The summed E-state index contributed by atoms with van der Waals surface area (Å²) in [6, 6.07) is 5.39. The maximum absolute atomic E-state index is 13.4. The van der Waals surface area contributed by atoms with Gasteiger partial charge in [-0.15, -0.1) is 11.3 Å². The number of hydrogen-bond donors (Lipinski definition) is 2. The molecule has 0 spiro atoms. The first-order chi connectivity index (χ1) is 11.0. The van der Waals surface area contributed by atoms with Crippen molar-refractivity contribution in [1.82, 2.24) is 5.32 Å². The van der Waals surface area contributed by atoms with E-state index in [0.717, 1.165) is 10.9 Å². The molecule has 0 aliphatic heterocycles. The number of benzene rings is 1. The fraction of sp³-hybridized carbons (Fsp3) is 0.200. The normalized spacial score (nSPS) is 10.4. The number of hydrogen-bond acceptors (Lipinski definition) is 3. The predicted octanol–water partition coefficient (Wildman–Crippen LogP) is 2.85. The Kier molecular flexibility index (Phi) is 5.75. The van der Waals surface area contributed by atoms with E-state index < -0.39 is 29.0 Å². The number of thiophene rings is 1. The van der Waals surface area contributed by atoms with Crippen LogP contribution in [0.15, 0.2) is 29.6 Å². The molecule has 2 amide bonds. The third kappa shape index (κ3) is 4.82. The van der Waals surface area contributed by atoms with Gasteiger partial charge in [0.2, 0.25) is 11.8 Å².